The Bertz CT molecular complexity index is 580. The number of hydrogen-bond donors (Lipinski definition) is 1. The van der Waals surface area contributed by atoms with E-state index in [4.69, 9.17) is 0 Å². The Labute approximate surface area is 148 Å². The van der Waals surface area contributed by atoms with Crippen molar-refractivity contribution in [3.8, 4) is 0 Å². The van der Waals surface area contributed by atoms with Crippen LogP contribution in [0.2, 0.25) is 0 Å². The van der Waals surface area contributed by atoms with E-state index in [0.717, 1.165) is 51.1 Å². The third-order valence-electron chi connectivity index (χ3n) is 4.95. The van der Waals surface area contributed by atoms with Crippen molar-refractivity contribution in [2.75, 3.05) is 37.6 Å². The lowest BCUT2D eigenvalue weighted by molar-refractivity contribution is -0.135. The van der Waals surface area contributed by atoms with Gasteiger partial charge >= 0.3 is 0 Å². The van der Waals surface area contributed by atoms with Crippen LogP contribution in [0.1, 0.15) is 38.5 Å². The smallest absolute Gasteiger partial charge is 0.239 e. The molecule has 2 saturated heterocycles. The zero-order chi connectivity index (χ0) is 17.5. The zero-order valence-corrected chi connectivity index (χ0v) is 14.7. The van der Waals surface area contributed by atoms with Gasteiger partial charge in [0.2, 0.25) is 17.8 Å². The predicted octanol–water partition coefficient (Wildman–Crippen LogP) is 1.21. The van der Waals surface area contributed by atoms with E-state index < -0.39 is 0 Å². The summed E-state index contributed by atoms with van der Waals surface area (Å²) in [4.78, 5) is 36.7. The van der Waals surface area contributed by atoms with E-state index in [1.165, 1.54) is 0 Å². The number of rotatable bonds is 5. The Hall–Kier alpha value is -2.18. The lowest BCUT2D eigenvalue weighted by atomic mass is 9.98. The number of amides is 2. The van der Waals surface area contributed by atoms with Crippen LogP contribution in [-0.4, -0.2) is 59.4 Å². The summed E-state index contributed by atoms with van der Waals surface area (Å²) in [5.74, 6) is 1.20. The number of aromatic nitrogens is 2. The maximum absolute atomic E-state index is 12.2. The number of nitrogens with zero attached hydrogens (tertiary/aromatic N) is 4. The van der Waals surface area contributed by atoms with Gasteiger partial charge in [-0.05, 0) is 37.7 Å². The molecule has 2 aliphatic rings. The van der Waals surface area contributed by atoms with Crippen LogP contribution >= 0.6 is 0 Å². The molecule has 7 heteroatoms. The molecule has 136 valence electrons. The molecule has 0 aliphatic carbocycles. The van der Waals surface area contributed by atoms with Gasteiger partial charge in [0.25, 0.3) is 0 Å². The van der Waals surface area contributed by atoms with Crippen LogP contribution in [0.15, 0.2) is 18.5 Å². The monoisotopic (exact) mass is 345 g/mol. The van der Waals surface area contributed by atoms with Crippen molar-refractivity contribution >= 4 is 17.8 Å². The molecule has 2 fully saturated rings. The Morgan fingerprint density at radius 3 is 2.84 bits per heavy atom. The third-order valence-corrected chi connectivity index (χ3v) is 4.95. The quantitative estimate of drug-likeness (QED) is 0.868. The second-order valence-corrected chi connectivity index (χ2v) is 6.93. The molecule has 25 heavy (non-hydrogen) atoms. The average Bonchev–Trinajstić information content (AvgIpc) is 2.85. The summed E-state index contributed by atoms with van der Waals surface area (Å²) in [7, 11) is 0. The van der Waals surface area contributed by atoms with Gasteiger partial charge in [0.15, 0.2) is 0 Å². The van der Waals surface area contributed by atoms with E-state index in [0.29, 0.717) is 25.4 Å². The Morgan fingerprint density at radius 1 is 1.16 bits per heavy atom. The van der Waals surface area contributed by atoms with E-state index in [2.05, 4.69) is 20.2 Å². The van der Waals surface area contributed by atoms with Crippen molar-refractivity contribution in [2.24, 2.45) is 5.92 Å². The van der Waals surface area contributed by atoms with Crippen molar-refractivity contribution in [3.05, 3.63) is 18.5 Å². The van der Waals surface area contributed by atoms with Crippen LogP contribution in [0.25, 0.3) is 0 Å². The fourth-order valence-corrected chi connectivity index (χ4v) is 3.56. The van der Waals surface area contributed by atoms with Gasteiger partial charge in [0, 0.05) is 45.0 Å². The molecule has 0 aromatic carbocycles. The van der Waals surface area contributed by atoms with Gasteiger partial charge in [-0.15, -0.1) is 0 Å². The van der Waals surface area contributed by atoms with Gasteiger partial charge in [-0.1, -0.05) is 6.42 Å². The first-order chi connectivity index (χ1) is 12.2. The third kappa shape index (κ3) is 5.14. The molecule has 3 heterocycles. The number of carbonyl (C=O) groups excluding carboxylic acids is 2. The van der Waals surface area contributed by atoms with Crippen LogP contribution in [0.4, 0.5) is 5.95 Å². The molecule has 2 amide bonds. The number of hydrogen-bond acceptors (Lipinski definition) is 5. The first kappa shape index (κ1) is 17.6. The Kier molecular flexibility index (Phi) is 6.19. The summed E-state index contributed by atoms with van der Waals surface area (Å²) < 4.78 is 0. The minimum absolute atomic E-state index is 0.0525. The first-order valence-corrected chi connectivity index (χ1v) is 9.29. The maximum Gasteiger partial charge on any atom is 0.239 e. The van der Waals surface area contributed by atoms with Gasteiger partial charge in [-0.2, -0.15) is 0 Å². The number of likely N-dealkylation sites (tertiary alicyclic amines) is 1. The van der Waals surface area contributed by atoms with Crippen molar-refractivity contribution < 1.29 is 9.59 Å². The van der Waals surface area contributed by atoms with Crippen LogP contribution in [0, 0.1) is 5.92 Å². The molecule has 0 spiro atoms. The van der Waals surface area contributed by atoms with Crippen molar-refractivity contribution in [3.63, 3.8) is 0 Å². The molecule has 1 atom stereocenters. The lowest BCUT2D eigenvalue weighted by Gasteiger charge is -2.32. The molecule has 7 nitrogen and oxygen atoms in total. The normalized spacial score (nSPS) is 21.8. The molecule has 1 aromatic heterocycles. The first-order valence-electron chi connectivity index (χ1n) is 9.29. The highest BCUT2D eigenvalue weighted by Crippen LogP contribution is 2.19. The van der Waals surface area contributed by atoms with Gasteiger partial charge in [-0.3, -0.25) is 9.59 Å². The summed E-state index contributed by atoms with van der Waals surface area (Å²) in [6, 6.07) is 1.81. The average molecular weight is 345 g/mol. The van der Waals surface area contributed by atoms with E-state index in [1.807, 2.05) is 6.07 Å². The van der Waals surface area contributed by atoms with E-state index >= 15 is 0 Å². The summed E-state index contributed by atoms with van der Waals surface area (Å²) >= 11 is 0. The van der Waals surface area contributed by atoms with E-state index in [1.54, 1.807) is 17.3 Å². The summed E-state index contributed by atoms with van der Waals surface area (Å²) in [6.45, 7) is 3.35. The maximum atomic E-state index is 12.2. The van der Waals surface area contributed by atoms with Gasteiger partial charge in [-0.25, -0.2) is 9.97 Å². The molecule has 0 bridgehead atoms. The highest BCUT2D eigenvalue weighted by molar-refractivity contribution is 5.84. The molecular formula is C18H27N5O2. The molecule has 1 N–H and O–H groups in total. The number of carbonyl (C=O) groups is 2. The molecule has 3 rings (SSSR count). The standard InChI is InChI=1S/C18H27N5O2/c24-16(14-22-10-3-1-2-7-17(22)25)21-12-15-6-4-11-23(13-15)18-19-8-5-9-20-18/h5,8-9,15H,1-4,6-7,10-14H2,(H,21,24). The summed E-state index contributed by atoms with van der Waals surface area (Å²) in [6.07, 6.45) is 9.25. The summed E-state index contributed by atoms with van der Waals surface area (Å²) in [5, 5.41) is 3.01. The molecule has 1 aromatic rings. The Balaban J connectivity index is 1.44. The highest BCUT2D eigenvalue weighted by atomic mass is 16.2. The largest absolute Gasteiger partial charge is 0.354 e. The molecule has 0 saturated carbocycles. The minimum Gasteiger partial charge on any atom is -0.354 e. The zero-order valence-electron chi connectivity index (χ0n) is 14.7. The van der Waals surface area contributed by atoms with Crippen LogP contribution < -0.4 is 10.2 Å². The van der Waals surface area contributed by atoms with E-state index in [-0.39, 0.29) is 18.4 Å². The molecular weight excluding hydrogens is 318 g/mol. The second-order valence-electron chi connectivity index (χ2n) is 6.93. The predicted molar refractivity (Wildman–Crippen MR) is 95.0 cm³/mol. The fraction of sp³-hybridized carbons (Fsp3) is 0.667. The number of piperidine rings is 1. The van der Waals surface area contributed by atoms with E-state index in [9.17, 15) is 9.59 Å². The van der Waals surface area contributed by atoms with Gasteiger partial charge in [0.1, 0.15) is 0 Å². The Morgan fingerprint density at radius 2 is 2.00 bits per heavy atom. The minimum atomic E-state index is -0.0525. The van der Waals surface area contributed by atoms with Crippen LogP contribution in [-0.2, 0) is 9.59 Å². The second kappa shape index (κ2) is 8.78. The SMILES string of the molecule is O=C(CN1CCCCCC1=O)NCC1CCCN(c2ncccn2)C1. The topological polar surface area (TPSA) is 78.4 Å². The van der Waals surface area contributed by atoms with Crippen LogP contribution in [0.5, 0.6) is 0 Å². The number of nitrogens with one attached hydrogen (secondary N) is 1. The molecule has 1 unspecified atom stereocenters. The van der Waals surface area contributed by atoms with Crippen molar-refractivity contribution in [1.29, 1.82) is 0 Å². The van der Waals surface area contributed by atoms with Gasteiger partial charge < -0.3 is 15.1 Å². The van der Waals surface area contributed by atoms with Gasteiger partial charge in [0.05, 0.1) is 6.54 Å². The highest BCUT2D eigenvalue weighted by Gasteiger charge is 2.23. The number of anilines is 1. The van der Waals surface area contributed by atoms with Crippen molar-refractivity contribution in [1.82, 2.24) is 20.2 Å². The fourth-order valence-electron chi connectivity index (χ4n) is 3.56. The van der Waals surface area contributed by atoms with Crippen LogP contribution in [0.3, 0.4) is 0 Å². The molecule has 2 aliphatic heterocycles. The molecule has 0 radical (unpaired) electrons. The van der Waals surface area contributed by atoms with Crippen molar-refractivity contribution in [2.45, 2.75) is 38.5 Å². The summed E-state index contributed by atoms with van der Waals surface area (Å²) in [5.41, 5.74) is 0. The lowest BCUT2D eigenvalue weighted by Crippen LogP contribution is -2.45.